The summed E-state index contributed by atoms with van der Waals surface area (Å²) in [6, 6.07) is 0. The highest BCUT2D eigenvalue weighted by Crippen LogP contribution is 2.44. The number of nitrogens with zero attached hydrogens (tertiary/aromatic N) is 3. The van der Waals surface area contributed by atoms with Crippen molar-refractivity contribution in [1.29, 1.82) is 0 Å². The molecule has 2 atom stereocenters. The molecule has 2 unspecified atom stereocenters. The maximum atomic E-state index is 12.4. The SMILES string of the molecule is CCC1CC2C(=O)N(Cc3nnc(NC)s3)C(=O)C2C1. The van der Waals surface area contributed by atoms with Crippen molar-refractivity contribution in [2.45, 2.75) is 32.7 Å². The Morgan fingerprint density at radius 1 is 1.25 bits per heavy atom. The van der Waals surface area contributed by atoms with Gasteiger partial charge in [0.2, 0.25) is 16.9 Å². The summed E-state index contributed by atoms with van der Waals surface area (Å²) in [5.74, 6) is 0.306. The van der Waals surface area contributed by atoms with Crippen molar-refractivity contribution < 1.29 is 9.59 Å². The van der Waals surface area contributed by atoms with E-state index < -0.39 is 0 Å². The molecular formula is C13H18N4O2S. The number of nitrogens with one attached hydrogen (secondary N) is 1. The number of fused-ring (bicyclic) bond motifs is 1. The molecule has 6 nitrogen and oxygen atoms in total. The molecule has 3 rings (SSSR count). The number of carbonyl (C=O) groups excluding carboxylic acids is 2. The predicted octanol–water partition coefficient (Wildman–Crippen LogP) is 1.50. The molecule has 1 aromatic heterocycles. The Labute approximate surface area is 121 Å². The van der Waals surface area contributed by atoms with Gasteiger partial charge < -0.3 is 5.32 Å². The second kappa shape index (κ2) is 5.12. The molecule has 0 bridgehead atoms. The molecule has 1 saturated heterocycles. The van der Waals surface area contributed by atoms with Crippen LogP contribution in [0.1, 0.15) is 31.2 Å². The largest absolute Gasteiger partial charge is 0.363 e. The standard InChI is InChI=1S/C13H18N4O2S/c1-3-7-4-8-9(5-7)12(19)17(11(8)18)6-10-15-16-13(14-2)20-10/h7-9H,3-6H2,1-2H3,(H,14,16). The van der Waals surface area contributed by atoms with E-state index in [0.29, 0.717) is 16.1 Å². The average Bonchev–Trinajstić information content (AvgIpc) is 3.13. The molecule has 0 radical (unpaired) electrons. The van der Waals surface area contributed by atoms with E-state index in [1.165, 1.54) is 16.2 Å². The summed E-state index contributed by atoms with van der Waals surface area (Å²) >= 11 is 1.38. The zero-order chi connectivity index (χ0) is 14.3. The van der Waals surface area contributed by atoms with E-state index in [-0.39, 0.29) is 30.2 Å². The molecule has 0 spiro atoms. The Balaban J connectivity index is 1.73. The van der Waals surface area contributed by atoms with Gasteiger partial charge in [0, 0.05) is 7.05 Å². The van der Waals surface area contributed by atoms with Gasteiger partial charge in [0.05, 0.1) is 18.4 Å². The first-order valence-corrected chi connectivity index (χ1v) is 7.81. The third-order valence-electron chi connectivity index (χ3n) is 4.38. The normalized spacial score (nSPS) is 29.1. The Morgan fingerprint density at radius 3 is 2.40 bits per heavy atom. The smallest absolute Gasteiger partial charge is 0.233 e. The number of amides is 2. The zero-order valence-corrected chi connectivity index (χ0v) is 12.4. The lowest BCUT2D eigenvalue weighted by Crippen LogP contribution is -2.31. The van der Waals surface area contributed by atoms with E-state index in [2.05, 4.69) is 22.4 Å². The molecule has 108 valence electrons. The van der Waals surface area contributed by atoms with Gasteiger partial charge in [-0.3, -0.25) is 14.5 Å². The molecule has 0 aromatic carbocycles. The van der Waals surface area contributed by atoms with Crippen LogP contribution in [0.25, 0.3) is 0 Å². The van der Waals surface area contributed by atoms with Crippen molar-refractivity contribution in [3.8, 4) is 0 Å². The highest BCUT2D eigenvalue weighted by molar-refractivity contribution is 7.15. The van der Waals surface area contributed by atoms with Crippen molar-refractivity contribution in [1.82, 2.24) is 15.1 Å². The topological polar surface area (TPSA) is 75.2 Å². The fourth-order valence-corrected chi connectivity index (χ4v) is 3.92. The van der Waals surface area contributed by atoms with E-state index in [4.69, 9.17) is 0 Å². The van der Waals surface area contributed by atoms with Crippen LogP contribution >= 0.6 is 11.3 Å². The second-order valence-corrected chi connectivity index (χ2v) is 6.53. The molecule has 2 fully saturated rings. The van der Waals surface area contributed by atoms with Gasteiger partial charge in [-0.1, -0.05) is 24.7 Å². The van der Waals surface area contributed by atoms with Crippen LogP contribution in [0.4, 0.5) is 5.13 Å². The first kappa shape index (κ1) is 13.5. The van der Waals surface area contributed by atoms with Crippen molar-refractivity contribution in [2.75, 3.05) is 12.4 Å². The molecule has 2 heterocycles. The fourth-order valence-electron chi connectivity index (χ4n) is 3.24. The monoisotopic (exact) mass is 294 g/mol. The van der Waals surface area contributed by atoms with Crippen molar-refractivity contribution in [3.05, 3.63) is 5.01 Å². The molecular weight excluding hydrogens is 276 g/mol. The molecule has 1 N–H and O–H groups in total. The van der Waals surface area contributed by atoms with E-state index in [9.17, 15) is 9.59 Å². The molecule has 2 amide bonds. The van der Waals surface area contributed by atoms with Crippen LogP contribution in [0.3, 0.4) is 0 Å². The summed E-state index contributed by atoms with van der Waals surface area (Å²) in [5, 5.41) is 12.2. The predicted molar refractivity (Wildman–Crippen MR) is 75.0 cm³/mol. The third kappa shape index (κ3) is 2.09. The fraction of sp³-hybridized carbons (Fsp3) is 0.692. The van der Waals surface area contributed by atoms with Crippen LogP contribution in [0.2, 0.25) is 0 Å². The quantitative estimate of drug-likeness (QED) is 0.852. The lowest BCUT2D eigenvalue weighted by molar-refractivity contribution is -0.141. The van der Waals surface area contributed by atoms with Crippen LogP contribution in [0.15, 0.2) is 0 Å². The van der Waals surface area contributed by atoms with E-state index in [0.717, 1.165) is 19.3 Å². The lowest BCUT2D eigenvalue weighted by atomic mass is 10.00. The van der Waals surface area contributed by atoms with Crippen LogP contribution in [-0.4, -0.2) is 34.0 Å². The summed E-state index contributed by atoms with van der Waals surface area (Å²) in [5.41, 5.74) is 0. The first-order valence-electron chi connectivity index (χ1n) is 6.99. The number of hydrogen-bond donors (Lipinski definition) is 1. The summed E-state index contributed by atoms with van der Waals surface area (Å²) in [4.78, 5) is 26.1. The lowest BCUT2D eigenvalue weighted by Gasteiger charge is -2.15. The van der Waals surface area contributed by atoms with Gasteiger partial charge in [0.15, 0.2) is 0 Å². The molecule has 1 aromatic rings. The molecule has 1 saturated carbocycles. The minimum Gasteiger partial charge on any atom is -0.363 e. The van der Waals surface area contributed by atoms with Gasteiger partial charge in [-0.25, -0.2) is 0 Å². The van der Waals surface area contributed by atoms with Crippen LogP contribution in [0.5, 0.6) is 0 Å². The Kier molecular flexibility index (Phi) is 3.45. The van der Waals surface area contributed by atoms with Gasteiger partial charge >= 0.3 is 0 Å². The molecule has 2 aliphatic rings. The number of aromatic nitrogens is 2. The van der Waals surface area contributed by atoms with Gasteiger partial charge in [-0.15, -0.1) is 10.2 Å². The first-order chi connectivity index (χ1) is 9.63. The van der Waals surface area contributed by atoms with Crippen molar-refractivity contribution >= 4 is 28.3 Å². The van der Waals surface area contributed by atoms with Crippen molar-refractivity contribution in [3.63, 3.8) is 0 Å². The highest BCUT2D eigenvalue weighted by Gasteiger charge is 2.52. The van der Waals surface area contributed by atoms with Crippen LogP contribution in [-0.2, 0) is 16.1 Å². The zero-order valence-electron chi connectivity index (χ0n) is 11.6. The number of hydrogen-bond acceptors (Lipinski definition) is 6. The van der Waals surface area contributed by atoms with E-state index in [1.54, 1.807) is 7.05 Å². The van der Waals surface area contributed by atoms with Gasteiger partial charge in [0.25, 0.3) is 0 Å². The molecule has 20 heavy (non-hydrogen) atoms. The Hall–Kier alpha value is -1.50. The average molecular weight is 294 g/mol. The second-order valence-electron chi connectivity index (χ2n) is 5.47. The third-order valence-corrected chi connectivity index (χ3v) is 5.30. The van der Waals surface area contributed by atoms with Gasteiger partial charge in [0.1, 0.15) is 5.01 Å². The van der Waals surface area contributed by atoms with E-state index >= 15 is 0 Å². The summed E-state index contributed by atoms with van der Waals surface area (Å²) < 4.78 is 0. The molecule has 1 aliphatic heterocycles. The number of rotatable bonds is 4. The summed E-state index contributed by atoms with van der Waals surface area (Å²) in [7, 11) is 1.77. The van der Waals surface area contributed by atoms with Gasteiger partial charge in [-0.05, 0) is 18.8 Å². The summed E-state index contributed by atoms with van der Waals surface area (Å²) in [6.07, 6.45) is 2.77. The Morgan fingerprint density at radius 2 is 1.90 bits per heavy atom. The van der Waals surface area contributed by atoms with E-state index in [1.807, 2.05) is 0 Å². The number of imide groups is 1. The maximum Gasteiger partial charge on any atom is 0.233 e. The van der Waals surface area contributed by atoms with Crippen LogP contribution in [0, 0.1) is 17.8 Å². The van der Waals surface area contributed by atoms with Gasteiger partial charge in [-0.2, -0.15) is 0 Å². The Bertz CT molecular complexity index is 520. The number of carbonyl (C=O) groups is 2. The molecule has 7 heteroatoms. The minimum atomic E-state index is -0.0934. The minimum absolute atomic E-state index is 0.0165. The maximum absolute atomic E-state index is 12.4. The number of anilines is 1. The van der Waals surface area contributed by atoms with Crippen molar-refractivity contribution in [2.24, 2.45) is 17.8 Å². The highest BCUT2D eigenvalue weighted by atomic mass is 32.1. The van der Waals surface area contributed by atoms with Crippen LogP contribution < -0.4 is 5.32 Å². The number of likely N-dealkylation sites (tertiary alicyclic amines) is 1. The molecule has 1 aliphatic carbocycles. The summed E-state index contributed by atoms with van der Waals surface area (Å²) in [6.45, 7) is 2.39.